The Balaban J connectivity index is 2.73. The Morgan fingerprint density at radius 2 is 2.07 bits per heavy atom. The van der Waals surface area contributed by atoms with Crippen LogP contribution in [0.15, 0.2) is 39.9 Å². The van der Waals surface area contributed by atoms with Crippen LogP contribution in [0.5, 0.6) is 0 Å². The lowest BCUT2D eigenvalue weighted by molar-refractivity contribution is -0.113. The second-order valence-corrected chi connectivity index (χ2v) is 3.33. The standard InChI is InChI=1S/C9H6BrN3O/c10-8-4-1-7(2-5-8)3-6-9(14)12-13-11/h1-6H. The quantitative estimate of drug-likeness (QED) is 0.344. The number of benzene rings is 1. The van der Waals surface area contributed by atoms with Crippen molar-refractivity contribution >= 4 is 27.9 Å². The molecule has 0 atom stereocenters. The Kier molecular flexibility index (Phi) is 3.91. The summed E-state index contributed by atoms with van der Waals surface area (Å²) in [4.78, 5) is 13.1. The molecule has 1 aromatic rings. The fraction of sp³-hybridized carbons (Fsp3) is 0. The highest BCUT2D eigenvalue weighted by atomic mass is 79.9. The molecule has 0 saturated carbocycles. The first-order valence-electron chi connectivity index (χ1n) is 3.75. The predicted octanol–water partition coefficient (Wildman–Crippen LogP) is 3.30. The van der Waals surface area contributed by atoms with E-state index >= 15 is 0 Å². The Hall–Kier alpha value is -1.58. The van der Waals surface area contributed by atoms with Crippen LogP contribution in [-0.2, 0) is 4.79 Å². The van der Waals surface area contributed by atoms with Gasteiger partial charge in [0, 0.05) is 9.38 Å². The molecule has 0 aliphatic carbocycles. The average Bonchev–Trinajstić information content (AvgIpc) is 2.17. The van der Waals surface area contributed by atoms with E-state index in [0.717, 1.165) is 10.0 Å². The zero-order valence-electron chi connectivity index (χ0n) is 7.09. The lowest BCUT2D eigenvalue weighted by Crippen LogP contribution is -1.82. The van der Waals surface area contributed by atoms with Crippen LogP contribution in [0.3, 0.4) is 0 Å². The third-order valence-electron chi connectivity index (χ3n) is 1.43. The summed E-state index contributed by atoms with van der Waals surface area (Å²) in [5.41, 5.74) is 8.84. The van der Waals surface area contributed by atoms with Gasteiger partial charge in [-0.2, -0.15) is 0 Å². The van der Waals surface area contributed by atoms with Gasteiger partial charge in [0.2, 0.25) is 5.91 Å². The highest BCUT2D eigenvalue weighted by Crippen LogP contribution is 2.11. The fourth-order valence-electron chi connectivity index (χ4n) is 0.819. The molecule has 70 valence electrons. The van der Waals surface area contributed by atoms with Crippen molar-refractivity contribution in [1.29, 1.82) is 0 Å². The number of rotatable bonds is 2. The molecule has 0 unspecified atom stereocenters. The SMILES string of the molecule is [N-]=[N+]=NC(=O)C=Cc1ccc(Br)cc1. The van der Waals surface area contributed by atoms with Gasteiger partial charge in [-0.1, -0.05) is 34.1 Å². The van der Waals surface area contributed by atoms with Crippen LogP contribution < -0.4 is 0 Å². The van der Waals surface area contributed by atoms with E-state index in [1.807, 2.05) is 24.3 Å². The molecule has 1 rings (SSSR count). The summed E-state index contributed by atoms with van der Waals surface area (Å²) in [6, 6.07) is 7.39. The number of amides is 1. The van der Waals surface area contributed by atoms with E-state index in [0.29, 0.717) is 0 Å². The molecule has 1 aromatic carbocycles. The van der Waals surface area contributed by atoms with Gasteiger partial charge in [-0.25, -0.2) is 0 Å². The van der Waals surface area contributed by atoms with Gasteiger partial charge in [-0.3, -0.25) is 4.79 Å². The second kappa shape index (κ2) is 5.21. The highest BCUT2D eigenvalue weighted by Gasteiger charge is 1.90. The number of hydrogen-bond acceptors (Lipinski definition) is 1. The van der Waals surface area contributed by atoms with Gasteiger partial charge < -0.3 is 0 Å². The molecule has 0 aromatic heterocycles. The molecule has 0 saturated heterocycles. The van der Waals surface area contributed by atoms with E-state index in [1.165, 1.54) is 6.08 Å². The van der Waals surface area contributed by atoms with E-state index in [4.69, 9.17) is 5.53 Å². The first-order chi connectivity index (χ1) is 6.72. The summed E-state index contributed by atoms with van der Waals surface area (Å²) >= 11 is 3.29. The number of carbonyl (C=O) groups is 1. The van der Waals surface area contributed by atoms with E-state index in [2.05, 4.69) is 26.0 Å². The number of carbonyl (C=O) groups excluding carboxylic acids is 1. The minimum Gasteiger partial charge on any atom is -0.288 e. The van der Waals surface area contributed by atoms with Gasteiger partial charge in [0.25, 0.3) is 0 Å². The maximum atomic E-state index is 10.8. The van der Waals surface area contributed by atoms with Crippen LogP contribution >= 0.6 is 15.9 Å². The first-order valence-corrected chi connectivity index (χ1v) is 4.54. The molecule has 0 radical (unpaired) electrons. The summed E-state index contributed by atoms with van der Waals surface area (Å²) in [5, 5.41) is 2.90. The van der Waals surface area contributed by atoms with E-state index in [1.54, 1.807) is 6.08 Å². The lowest BCUT2D eigenvalue weighted by Gasteiger charge is -1.91. The first kappa shape index (κ1) is 10.5. The van der Waals surface area contributed by atoms with Crippen molar-refractivity contribution in [2.75, 3.05) is 0 Å². The van der Waals surface area contributed by atoms with Crippen LogP contribution in [0.2, 0.25) is 0 Å². The van der Waals surface area contributed by atoms with Crippen molar-refractivity contribution in [3.8, 4) is 0 Å². The minimum absolute atomic E-state index is 0.601. The van der Waals surface area contributed by atoms with Gasteiger partial charge in [0.05, 0.1) is 0 Å². The summed E-state index contributed by atoms with van der Waals surface area (Å²) in [5.74, 6) is -0.601. The number of hydrogen-bond donors (Lipinski definition) is 0. The van der Waals surface area contributed by atoms with Gasteiger partial charge in [0.15, 0.2) is 0 Å². The van der Waals surface area contributed by atoms with Gasteiger partial charge in [-0.15, -0.1) is 0 Å². The maximum absolute atomic E-state index is 10.8. The second-order valence-electron chi connectivity index (χ2n) is 2.41. The van der Waals surface area contributed by atoms with Crippen LogP contribution in [0.4, 0.5) is 0 Å². The van der Waals surface area contributed by atoms with E-state index in [9.17, 15) is 4.79 Å². The largest absolute Gasteiger partial charge is 0.288 e. The van der Waals surface area contributed by atoms with Crippen molar-refractivity contribution in [2.24, 2.45) is 5.11 Å². The molecule has 14 heavy (non-hydrogen) atoms. The molecular formula is C9H6BrN3O. The zero-order valence-corrected chi connectivity index (χ0v) is 8.68. The summed E-state index contributed by atoms with van der Waals surface area (Å²) < 4.78 is 0.969. The van der Waals surface area contributed by atoms with Crippen molar-refractivity contribution in [3.63, 3.8) is 0 Å². The molecule has 0 spiro atoms. The van der Waals surface area contributed by atoms with Crippen LogP contribution in [0, 0.1) is 0 Å². The predicted molar refractivity (Wildman–Crippen MR) is 57.3 cm³/mol. The van der Waals surface area contributed by atoms with Crippen LogP contribution in [0.25, 0.3) is 16.5 Å². The minimum atomic E-state index is -0.601. The van der Waals surface area contributed by atoms with Gasteiger partial charge >= 0.3 is 0 Å². The number of azide groups is 1. The smallest absolute Gasteiger partial charge is 0.242 e. The Morgan fingerprint density at radius 3 is 2.64 bits per heavy atom. The highest BCUT2D eigenvalue weighted by molar-refractivity contribution is 9.10. The van der Waals surface area contributed by atoms with Crippen LogP contribution in [-0.4, -0.2) is 5.91 Å². The molecule has 4 nitrogen and oxygen atoms in total. The fourth-order valence-corrected chi connectivity index (χ4v) is 1.08. The average molecular weight is 252 g/mol. The molecule has 1 amide bonds. The van der Waals surface area contributed by atoms with E-state index in [-0.39, 0.29) is 0 Å². The number of nitrogens with zero attached hydrogens (tertiary/aromatic N) is 3. The Morgan fingerprint density at radius 1 is 1.43 bits per heavy atom. The third kappa shape index (κ3) is 3.43. The van der Waals surface area contributed by atoms with Crippen LogP contribution in [0.1, 0.15) is 5.56 Å². The summed E-state index contributed by atoms with van der Waals surface area (Å²) in [6.07, 6.45) is 2.81. The van der Waals surface area contributed by atoms with Crippen molar-refractivity contribution in [1.82, 2.24) is 0 Å². The third-order valence-corrected chi connectivity index (χ3v) is 1.96. The zero-order chi connectivity index (χ0) is 10.4. The molecule has 0 aliphatic heterocycles. The van der Waals surface area contributed by atoms with Gasteiger partial charge in [0.1, 0.15) is 0 Å². The molecule has 0 fully saturated rings. The monoisotopic (exact) mass is 251 g/mol. The molecule has 0 heterocycles. The molecule has 0 N–H and O–H groups in total. The molecule has 5 heteroatoms. The van der Waals surface area contributed by atoms with Crippen molar-refractivity contribution < 1.29 is 4.79 Å². The van der Waals surface area contributed by atoms with Crippen molar-refractivity contribution in [3.05, 3.63) is 50.8 Å². The van der Waals surface area contributed by atoms with E-state index < -0.39 is 5.91 Å². The maximum Gasteiger partial charge on any atom is 0.242 e. The lowest BCUT2D eigenvalue weighted by atomic mass is 10.2. The van der Waals surface area contributed by atoms with Crippen molar-refractivity contribution in [2.45, 2.75) is 0 Å². The molecule has 0 aliphatic rings. The Bertz CT molecular complexity index is 405. The summed E-state index contributed by atoms with van der Waals surface area (Å²) in [6.45, 7) is 0. The Labute approximate surface area is 89.0 Å². The molecular weight excluding hydrogens is 246 g/mol. The molecule has 0 bridgehead atoms. The summed E-state index contributed by atoms with van der Waals surface area (Å²) in [7, 11) is 0. The topological polar surface area (TPSA) is 65.8 Å². The number of halogens is 1. The normalized spacial score (nSPS) is 9.79. The van der Waals surface area contributed by atoms with Gasteiger partial charge in [-0.05, 0) is 34.4 Å².